The zero-order valence-corrected chi connectivity index (χ0v) is 8.44. The summed E-state index contributed by atoms with van der Waals surface area (Å²) in [7, 11) is 3.82. The molecular formula is C10H15FN2O. The average Bonchev–Trinajstić information content (AvgIpc) is 2.15. The molecule has 0 bridgehead atoms. The lowest BCUT2D eigenvalue weighted by molar-refractivity contribution is 0.150. The van der Waals surface area contributed by atoms with Crippen molar-refractivity contribution in [1.82, 2.24) is 9.88 Å². The fraction of sp³-hybridized carbons (Fsp3) is 0.500. The van der Waals surface area contributed by atoms with E-state index in [0.717, 1.165) is 12.7 Å². The van der Waals surface area contributed by atoms with Crippen molar-refractivity contribution in [1.29, 1.82) is 0 Å². The van der Waals surface area contributed by atoms with Gasteiger partial charge in [0, 0.05) is 18.3 Å². The van der Waals surface area contributed by atoms with Gasteiger partial charge in [0.1, 0.15) is 5.82 Å². The van der Waals surface area contributed by atoms with Crippen molar-refractivity contribution in [2.45, 2.75) is 12.5 Å². The van der Waals surface area contributed by atoms with Gasteiger partial charge in [0.25, 0.3) is 0 Å². The number of aliphatic hydroxyl groups is 1. The number of hydrogen-bond donors (Lipinski definition) is 1. The third-order valence-electron chi connectivity index (χ3n) is 2.01. The van der Waals surface area contributed by atoms with Crippen LogP contribution in [-0.4, -0.2) is 35.6 Å². The van der Waals surface area contributed by atoms with Crippen molar-refractivity contribution in [2.75, 3.05) is 20.6 Å². The van der Waals surface area contributed by atoms with Crippen LogP contribution in [-0.2, 0) is 0 Å². The molecule has 4 heteroatoms. The zero-order chi connectivity index (χ0) is 10.6. The van der Waals surface area contributed by atoms with E-state index in [1.807, 2.05) is 19.0 Å². The van der Waals surface area contributed by atoms with Gasteiger partial charge in [-0.3, -0.25) is 4.98 Å². The molecule has 1 atom stereocenters. The maximum atomic E-state index is 13.1. The van der Waals surface area contributed by atoms with Crippen LogP contribution in [0.4, 0.5) is 4.39 Å². The quantitative estimate of drug-likeness (QED) is 0.790. The molecule has 0 spiro atoms. The SMILES string of the molecule is CN(C)CCC(O)c1ccncc1F. The fourth-order valence-corrected chi connectivity index (χ4v) is 1.19. The lowest BCUT2D eigenvalue weighted by Crippen LogP contribution is -2.16. The molecule has 0 fully saturated rings. The summed E-state index contributed by atoms with van der Waals surface area (Å²) in [5.74, 6) is -0.446. The van der Waals surface area contributed by atoms with E-state index in [1.165, 1.54) is 12.3 Å². The van der Waals surface area contributed by atoms with E-state index in [1.54, 1.807) is 0 Å². The highest BCUT2D eigenvalue weighted by atomic mass is 19.1. The number of nitrogens with zero attached hydrogens (tertiary/aromatic N) is 2. The molecule has 0 radical (unpaired) electrons. The van der Waals surface area contributed by atoms with Crippen LogP contribution < -0.4 is 0 Å². The highest BCUT2D eigenvalue weighted by Gasteiger charge is 2.12. The number of aromatic nitrogens is 1. The first-order chi connectivity index (χ1) is 6.61. The average molecular weight is 198 g/mol. The summed E-state index contributed by atoms with van der Waals surface area (Å²) in [5, 5.41) is 9.66. The van der Waals surface area contributed by atoms with Crippen molar-refractivity contribution < 1.29 is 9.50 Å². The normalized spacial score (nSPS) is 13.2. The second-order valence-electron chi connectivity index (χ2n) is 3.50. The van der Waals surface area contributed by atoms with E-state index < -0.39 is 11.9 Å². The Morgan fingerprint density at radius 2 is 2.29 bits per heavy atom. The molecule has 1 heterocycles. The lowest BCUT2D eigenvalue weighted by Gasteiger charge is -2.14. The minimum absolute atomic E-state index is 0.321. The van der Waals surface area contributed by atoms with Crippen LogP contribution >= 0.6 is 0 Å². The molecule has 0 aliphatic carbocycles. The molecule has 0 saturated carbocycles. The summed E-state index contributed by atoms with van der Waals surface area (Å²) in [6, 6.07) is 1.51. The Balaban J connectivity index is 2.60. The minimum Gasteiger partial charge on any atom is -0.388 e. The fourth-order valence-electron chi connectivity index (χ4n) is 1.19. The van der Waals surface area contributed by atoms with Gasteiger partial charge in [-0.15, -0.1) is 0 Å². The predicted octanol–water partition coefficient (Wildman–Crippen LogP) is 1.21. The summed E-state index contributed by atoms with van der Waals surface area (Å²) in [6.45, 7) is 0.725. The van der Waals surface area contributed by atoms with Crippen LogP contribution in [0.1, 0.15) is 18.1 Å². The third-order valence-corrected chi connectivity index (χ3v) is 2.01. The van der Waals surface area contributed by atoms with Gasteiger partial charge in [-0.1, -0.05) is 0 Å². The van der Waals surface area contributed by atoms with Gasteiger partial charge >= 0.3 is 0 Å². The van der Waals surface area contributed by atoms with Gasteiger partial charge in [0.2, 0.25) is 0 Å². The van der Waals surface area contributed by atoms with Crippen molar-refractivity contribution in [3.63, 3.8) is 0 Å². The molecule has 1 N–H and O–H groups in total. The monoisotopic (exact) mass is 198 g/mol. The molecule has 1 aromatic heterocycles. The van der Waals surface area contributed by atoms with E-state index >= 15 is 0 Å². The standard InChI is InChI=1S/C10H15FN2O/c1-13(2)6-4-10(14)8-3-5-12-7-9(8)11/h3,5,7,10,14H,4,6H2,1-2H3. The Hall–Kier alpha value is -1.00. The van der Waals surface area contributed by atoms with Crippen molar-refractivity contribution >= 4 is 0 Å². The predicted molar refractivity (Wildman–Crippen MR) is 52.3 cm³/mol. The first kappa shape index (κ1) is 11.1. The Morgan fingerprint density at radius 3 is 2.86 bits per heavy atom. The van der Waals surface area contributed by atoms with Crippen LogP contribution in [0.2, 0.25) is 0 Å². The summed E-state index contributed by atoms with van der Waals surface area (Å²) >= 11 is 0. The second-order valence-corrected chi connectivity index (χ2v) is 3.50. The maximum Gasteiger partial charge on any atom is 0.147 e. The summed E-state index contributed by atoms with van der Waals surface area (Å²) in [6.07, 6.45) is 2.37. The molecule has 0 saturated heterocycles. The molecule has 0 aliphatic heterocycles. The smallest absolute Gasteiger partial charge is 0.147 e. The highest BCUT2D eigenvalue weighted by Crippen LogP contribution is 2.18. The van der Waals surface area contributed by atoms with Gasteiger partial charge in [-0.05, 0) is 26.6 Å². The molecule has 0 amide bonds. The molecule has 1 aromatic rings. The van der Waals surface area contributed by atoms with Crippen LogP contribution in [0.5, 0.6) is 0 Å². The first-order valence-electron chi connectivity index (χ1n) is 4.53. The lowest BCUT2D eigenvalue weighted by atomic mass is 10.1. The maximum absolute atomic E-state index is 13.1. The molecule has 78 valence electrons. The van der Waals surface area contributed by atoms with Gasteiger partial charge in [0.15, 0.2) is 0 Å². The molecular weight excluding hydrogens is 183 g/mol. The number of rotatable bonds is 4. The van der Waals surface area contributed by atoms with Crippen molar-refractivity contribution in [3.05, 3.63) is 29.8 Å². The largest absolute Gasteiger partial charge is 0.388 e. The number of aliphatic hydroxyl groups excluding tert-OH is 1. The second kappa shape index (κ2) is 5.02. The van der Waals surface area contributed by atoms with Crippen LogP contribution in [0.15, 0.2) is 18.5 Å². The number of pyridine rings is 1. The molecule has 0 aliphatic rings. The first-order valence-corrected chi connectivity index (χ1v) is 4.53. The van der Waals surface area contributed by atoms with E-state index in [4.69, 9.17) is 0 Å². The van der Waals surface area contributed by atoms with E-state index in [2.05, 4.69) is 4.98 Å². The Labute approximate surface area is 83.2 Å². The Kier molecular flexibility index (Phi) is 3.98. The molecule has 0 aromatic carbocycles. The third kappa shape index (κ3) is 3.05. The van der Waals surface area contributed by atoms with Crippen LogP contribution in [0.25, 0.3) is 0 Å². The number of halogens is 1. The van der Waals surface area contributed by atoms with Gasteiger partial charge < -0.3 is 10.0 Å². The summed E-state index contributed by atoms with van der Waals surface area (Å²) in [4.78, 5) is 5.57. The molecule has 14 heavy (non-hydrogen) atoms. The van der Waals surface area contributed by atoms with Crippen LogP contribution in [0, 0.1) is 5.82 Å². The van der Waals surface area contributed by atoms with Crippen molar-refractivity contribution in [3.8, 4) is 0 Å². The summed E-state index contributed by atoms with van der Waals surface area (Å²) in [5.41, 5.74) is 0.321. The molecule has 1 rings (SSSR count). The van der Waals surface area contributed by atoms with E-state index in [0.29, 0.717) is 12.0 Å². The summed E-state index contributed by atoms with van der Waals surface area (Å²) < 4.78 is 13.1. The van der Waals surface area contributed by atoms with E-state index in [9.17, 15) is 9.50 Å². The van der Waals surface area contributed by atoms with Gasteiger partial charge in [-0.2, -0.15) is 0 Å². The van der Waals surface area contributed by atoms with Gasteiger partial charge in [-0.25, -0.2) is 4.39 Å². The number of hydrogen-bond acceptors (Lipinski definition) is 3. The van der Waals surface area contributed by atoms with Crippen molar-refractivity contribution in [2.24, 2.45) is 0 Å². The van der Waals surface area contributed by atoms with Crippen LogP contribution in [0.3, 0.4) is 0 Å². The van der Waals surface area contributed by atoms with E-state index in [-0.39, 0.29) is 0 Å². The van der Waals surface area contributed by atoms with Gasteiger partial charge in [0.05, 0.1) is 12.3 Å². The zero-order valence-electron chi connectivity index (χ0n) is 8.44. The molecule has 3 nitrogen and oxygen atoms in total. The Bertz CT molecular complexity index is 291. The highest BCUT2D eigenvalue weighted by molar-refractivity contribution is 5.15. The molecule has 1 unspecified atom stereocenters. The Morgan fingerprint density at radius 1 is 1.57 bits per heavy atom. The topological polar surface area (TPSA) is 36.4 Å². The minimum atomic E-state index is -0.750.